The van der Waals surface area contributed by atoms with E-state index in [-0.39, 0.29) is 22.7 Å². The predicted octanol–water partition coefficient (Wildman–Crippen LogP) is 3.73. The molecule has 3 rings (SSSR count). The van der Waals surface area contributed by atoms with Crippen LogP contribution in [-0.2, 0) is 0 Å². The zero-order chi connectivity index (χ0) is 18.8. The van der Waals surface area contributed by atoms with Crippen LogP contribution < -0.4 is 5.63 Å². The first-order valence-corrected chi connectivity index (χ1v) is 8.13. The number of aryl methyl sites for hydroxylation is 1. The number of carbonyl (C=O) groups excluding carboxylic acids is 1. The molecule has 0 saturated heterocycles. The van der Waals surface area contributed by atoms with E-state index in [0.717, 1.165) is 5.56 Å². The molecule has 0 bridgehead atoms. The van der Waals surface area contributed by atoms with E-state index in [0.29, 0.717) is 16.5 Å². The van der Waals surface area contributed by atoms with Gasteiger partial charge in [-0.2, -0.15) is 0 Å². The number of allylic oxidation sites excluding steroid dienone is 1. The van der Waals surface area contributed by atoms with Crippen LogP contribution in [0.2, 0.25) is 0 Å². The number of hydrogen-bond donors (Lipinski definition) is 1. The molecule has 0 atom stereocenters. The molecule has 0 aliphatic heterocycles. The van der Waals surface area contributed by atoms with Gasteiger partial charge in [-0.3, -0.25) is 4.79 Å². The topological polar surface area (TPSA) is 70.8 Å². The number of carbonyl (C=O) groups is 1. The zero-order valence-corrected chi connectivity index (χ0v) is 14.8. The van der Waals surface area contributed by atoms with Crippen molar-refractivity contribution >= 4 is 16.8 Å². The Hall–Kier alpha value is -3.34. The molecule has 5 heteroatoms. The summed E-state index contributed by atoms with van der Waals surface area (Å²) in [7, 11) is 3.61. The third-order valence-corrected chi connectivity index (χ3v) is 4.11. The molecule has 1 N–H and O–H groups in total. The van der Waals surface area contributed by atoms with Crippen LogP contribution in [0.15, 0.2) is 64.0 Å². The second-order valence-corrected chi connectivity index (χ2v) is 6.26. The van der Waals surface area contributed by atoms with E-state index in [4.69, 9.17) is 4.42 Å². The molecule has 0 fully saturated rings. The summed E-state index contributed by atoms with van der Waals surface area (Å²) in [4.78, 5) is 26.3. The maximum absolute atomic E-state index is 12.5. The van der Waals surface area contributed by atoms with Gasteiger partial charge in [-0.25, -0.2) is 4.79 Å². The molecule has 26 heavy (non-hydrogen) atoms. The van der Waals surface area contributed by atoms with Crippen LogP contribution in [0.3, 0.4) is 0 Å². The van der Waals surface area contributed by atoms with Gasteiger partial charge < -0.3 is 14.4 Å². The summed E-state index contributed by atoms with van der Waals surface area (Å²) in [5.41, 5.74) is 1.79. The highest BCUT2D eigenvalue weighted by atomic mass is 16.4. The first-order valence-electron chi connectivity index (χ1n) is 8.13. The van der Waals surface area contributed by atoms with Gasteiger partial charge in [-0.15, -0.1) is 0 Å². The van der Waals surface area contributed by atoms with E-state index in [1.807, 2.05) is 30.3 Å². The van der Waals surface area contributed by atoms with Crippen molar-refractivity contribution in [1.82, 2.24) is 4.90 Å². The van der Waals surface area contributed by atoms with Crippen molar-refractivity contribution in [3.63, 3.8) is 0 Å². The molecule has 132 valence electrons. The first kappa shape index (κ1) is 17.5. The Morgan fingerprint density at radius 3 is 2.50 bits per heavy atom. The number of aromatic hydroxyl groups is 1. The number of nitrogens with zero attached hydrogens (tertiary/aromatic N) is 1. The van der Waals surface area contributed by atoms with E-state index in [2.05, 4.69) is 0 Å². The van der Waals surface area contributed by atoms with Crippen molar-refractivity contribution < 1.29 is 14.3 Å². The lowest BCUT2D eigenvalue weighted by Crippen LogP contribution is -2.05. The van der Waals surface area contributed by atoms with E-state index in [9.17, 15) is 14.7 Å². The molecule has 0 aliphatic carbocycles. The summed E-state index contributed by atoms with van der Waals surface area (Å²) in [5.74, 6) is -0.509. The molecule has 0 aliphatic rings. The van der Waals surface area contributed by atoms with E-state index >= 15 is 0 Å². The molecule has 1 aromatic heterocycles. The minimum absolute atomic E-state index is 0.166. The maximum atomic E-state index is 12.5. The number of ketones is 1. The van der Waals surface area contributed by atoms with E-state index < -0.39 is 5.63 Å². The molecule has 5 nitrogen and oxygen atoms in total. The average molecular weight is 349 g/mol. The van der Waals surface area contributed by atoms with Crippen LogP contribution in [0.25, 0.3) is 22.1 Å². The van der Waals surface area contributed by atoms with Crippen molar-refractivity contribution in [2.45, 2.75) is 6.92 Å². The number of fused-ring (bicyclic) bond motifs is 1. The lowest BCUT2D eigenvalue weighted by atomic mass is 9.96. The molecule has 0 amide bonds. The Morgan fingerprint density at radius 1 is 1.15 bits per heavy atom. The zero-order valence-electron chi connectivity index (χ0n) is 14.8. The van der Waals surface area contributed by atoms with Gasteiger partial charge in [0.25, 0.3) is 0 Å². The number of phenolic OH excluding ortho intramolecular Hbond substituents is 1. The quantitative estimate of drug-likeness (QED) is 0.441. The number of benzene rings is 2. The molecule has 2 aromatic carbocycles. The van der Waals surface area contributed by atoms with E-state index in [1.165, 1.54) is 12.1 Å². The molecule has 0 unspecified atom stereocenters. The molecule has 0 spiro atoms. The highest BCUT2D eigenvalue weighted by Gasteiger charge is 2.19. The maximum Gasteiger partial charge on any atom is 0.336 e. The minimum atomic E-state index is -0.509. The van der Waals surface area contributed by atoms with Crippen LogP contribution >= 0.6 is 0 Å². The van der Waals surface area contributed by atoms with Crippen LogP contribution in [0.1, 0.15) is 15.9 Å². The predicted molar refractivity (Wildman–Crippen MR) is 101 cm³/mol. The Balaban J connectivity index is 2.31. The van der Waals surface area contributed by atoms with Crippen molar-refractivity contribution in [3.05, 3.63) is 76.3 Å². The Morgan fingerprint density at radius 2 is 1.85 bits per heavy atom. The third kappa shape index (κ3) is 3.24. The van der Waals surface area contributed by atoms with Crippen molar-refractivity contribution in [1.29, 1.82) is 0 Å². The SMILES string of the molecule is Cc1c(O)c(C(=O)/C=C/N(C)C)cc2c(-c3ccccc3)cc(=O)oc12. The minimum Gasteiger partial charge on any atom is -0.507 e. The molecule has 1 heterocycles. The lowest BCUT2D eigenvalue weighted by Gasteiger charge is -2.12. The molecule has 0 saturated carbocycles. The number of rotatable bonds is 4. The van der Waals surface area contributed by atoms with Gasteiger partial charge in [-0.05, 0) is 24.1 Å². The fraction of sp³-hybridized carbons (Fsp3) is 0.143. The fourth-order valence-electron chi connectivity index (χ4n) is 2.80. The van der Waals surface area contributed by atoms with Crippen molar-refractivity contribution in [3.8, 4) is 16.9 Å². The Labute approximate surface area is 150 Å². The van der Waals surface area contributed by atoms with Gasteiger partial charge >= 0.3 is 5.63 Å². The lowest BCUT2D eigenvalue weighted by molar-refractivity contribution is 0.104. The van der Waals surface area contributed by atoms with Gasteiger partial charge in [-0.1, -0.05) is 30.3 Å². The van der Waals surface area contributed by atoms with Gasteiger partial charge in [0.2, 0.25) is 0 Å². The normalized spacial score (nSPS) is 11.2. The third-order valence-electron chi connectivity index (χ3n) is 4.11. The summed E-state index contributed by atoms with van der Waals surface area (Å²) in [6, 6.07) is 12.4. The molecule has 3 aromatic rings. The highest BCUT2D eigenvalue weighted by molar-refractivity contribution is 6.10. The Kier molecular flexibility index (Phi) is 4.63. The number of hydrogen-bond acceptors (Lipinski definition) is 5. The second-order valence-electron chi connectivity index (χ2n) is 6.26. The first-order chi connectivity index (χ1) is 12.4. The van der Waals surface area contributed by atoms with Gasteiger partial charge in [0.15, 0.2) is 5.78 Å². The summed E-state index contributed by atoms with van der Waals surface area (Å²) < 4.78 is 5.32. The molecular formula is C21H19NO4. The highest BCUT2D eigenvalue weighted by Crippen LogP contribution is 2.35. The summed E-state index contributed by atoms with van der Waals surface area (Å²) >= 11 is 0. The summed E-state index contributed by atoms with van der Waals surface area (Å²) in [6.45, 7) is 1.63. The monoisotopic (exact) mass is 349 g/mol. The molecular weight excluding hydrogens is 330 g/mol. The largest absolute Gasteiger partial charge is 0.507 e. The van der Waals surface area contributed by atoms with E-state index in [1.54, 1.807) is 38.2 Å². The van der Waals surface area contributed by atoms with Crippen molar-refractivity contribution in [2.75, 3.05) is 14.1 Å². The number of phenols is 1. The summed E-state index contributed by atoms with van der Waals surface area (Å²) in [5, 5.41) is 11.1. The molecule has 0 radical (unpaired) electrons. The van der Waals surface area contributed by atoms with Crippen LogP contribution in [0, 0.1) is 6.92 Å². The van der Waals surface area contributed by atoms with Gasteiger partial charge in [0.05, 0.1) is 5.56 Å². The van der Waals surface area contributed by atoms with Gasteiger partial charge in [0, 0.05) is 43.4 Å². The smallest absolute Gasteiger partial charge is 0.336 e. The van der Waals surface area contributed by atoms with Crippen molar-refractivity contribution in [2.24, 2.45) is 0 Å². The fourth-order valence-corrected chi connectivity index (χ4v) is 2.80. The summed E-state index contributed by atoms with van der Waals surface area (Å²) in [6.07, 6.45) is 3.01. The average Bonchev–Trinajstić information content (AvgIpc) is 2.63. The van der Waals surface area contributed by atoms with Crippen LogP contribution in [0.4, 0.5) is 0 Å². The standard InChI is InChI=1S/C21H19NO4/c1-13-20(25)17(18(23)9-10-22(2)3)11-16-15(12-19(24)26-21(13)16)14-7-5-4-6-8-14/h4-12,25H,1-3H3/b10-9+. The van der Waals surface area contributed by atoms with Crippen LogP contribution in [-0.4, -0.2) is 29.9 Å². The second kappa shape index (κ2) is 6.88. The Bertz CT molecular complexity index is 1060. The van der Waals surface area contributed by atoms with Gasteiger partial charge in [0.1, 0.15) is 11.3 Å². The van der Waals surface area contributed by atoms with Crippen LogP contribution in [0.5, 0.6) is 5.75 Å².